The quantitative estimate of drug-likeness (QED) is 0.0261. The van der Waals surface area contributed by atoms with Gasteiger partial charge in [-0.25, -0.2) is 0 Å². The predicted octanol–water partition coefficient (Wildman–Crippen LogP) is 22.3. The Bertz CT molecular complexity index is 1340. The van der Waals surface area contributed by atoms with Crippen molar-refractivity contribution < 1.29 is 28.6 Å². The van der Waals surface area contributed by atoms with Gasteiger partial charge in [-0.1, -0.05) is 274 Å². The van der Waals surface area contributed by atoms with Crippen molar-refractivity contribution in [3.05, 3.63) is 60.8 Å². The molecule has 0 aliphatic rings. The Labute approximate surface area is 466 Å². The largest absolute Gasteiger partial charge is 0.462 e. The standard InChI is InChI=1S/C69H124O6/c1-4-7-10-13-16-19-22-25-28-31-33-34-36-39-41-44-47-50-53-56-59-62-68(71)74-65-66(75-69(72)63-60-57-54-51-48-45-42-37-30-27-24-21-18-15-12-9-6-3)64-73-67(70)61-58-55-52-49-46-43-40-38-35-32-29-26-23-20-17-14-11-8-5-2/h17-18,20-21,25-30,66H,4-16,19,22-24,31-65H2,1-3H3/b20-17-,21-18-,28-25-,29-26-,30-27-/t66-/m1/s1. The Balaban J connectivity index is 4.35. The topological polar surface area (TPSA) is 78.9 Å². The van der Waals surface area contributed by atoms with Gasteiger partial charge in [0.1, 0.15) is 13.2 Å². The Morgan fingerprint density at radius 1 is 0.267 bits per heavy atom. The fourth-order valence-electron chi connectivity index (χ4n) is 9.50. The molecule has 0 rings (SSSR count). The molecule has 0 fully saturated rings. The van der Waals surface area contributed by atoms with E-state index in [1.54, 1.807) is 0 Å². The van der Waals surface area contributed by atoms with Gasteiger partial charge >= 0.3 is 17.9 Å². The average molecular weight is 1050 g/mol. The van der Waals surface area contributed by atoms with E-state index >= 15 is 0 Å². The average Bonchev–Trinajstić information content (AvgIpc) is 3.41. The van der Waals surface area contributed by atoms with Gasteiger partial charge in [-0.2, -0.15) is 0 Å². The highest BCUT2D eigenvalue weighted by Gasteiger charge is 2.19. The molecule has 0 aliphatic heterocycles. The van der Waals surface area contributed by atoms with Crippen LogP contribution in [0.3, 0.4) is 0 Å². The second-order valence-corrected chi connectivity index (χ2v) is 22.0. The lowest BCUT2D eigenvalue weighted by atomic mass is 10.0. The van der Waals surface area contributed by atoms with E-state index in [2.05, 4.69) is 81.5 Å². The zero-order valence-corrected chi connectivity index (χ0v) is 50.1. The van der Waals surface area contributed by atoms with Crippen molar-refractivity contribution in [1.29, 1.82) is 0 Å². The molecular weight excluding hydrogens is 925 g/mol. The van der Waals surface area contributed by atoms with Gasteiger partial charge < -0.3 is 14.2 Å². The van der Waals surface area contributed by atoms with E-state index in [0.29, 0.717) is 19.3 Å². The maximum atomic E-state index is 12.9. The number of hydrogen-bond donors (Lipinski definition) is 0. The van der Waals surface area contributed by atoms with Crippen molar-refractivity contribution in [2.75, 3.05) is 13.2 Å². The molecule has 0 saturated carbocycles. The molecule has 6 nitrogen and oxygen atoms in total. The first-order valence-corrected chi connectivity index (χ1v) is 32.8. The van der Waals surface area contributed by atoms with Crippen LogP contribution in [0.4, 0.5) is 0 Å². The minimum Gasteiger partial charge on any atom is -0.462 e. The summed E-state index contributed by atoms with van der Waals surface area (Å²) in [4.78, 5) is 38.4. The van der Waals surface area contributed by atoms with E-state index in [1.807, 2.05) is 0 Å². The molecule has 0 aromatic carbocycles. The number of ether oxygens (including phenoxy) is 3. The third kappa shape index (κ3) is 61.8. The van der Waals surface area contributed by atoms with Crippen LogP contribution in [-0.2, 0) is 28.6 Å². The highest BCUT2D eigenvalue weighted by Crippen LogP contribution is 2.17. The molecule has 0 bridgehead atoms. The number of esters is 3. The van der Waals surface area contributed by atoms with Gasteiger partial charge in [0, 0.05) is 19.3 Å². The summed E-state index contributed by atoms with van der Waals surface area (Å²) in [6.07, 6.45) is 80.8. The summed E-state index contributed by atoms with van der Waals surface area (Å²) in [5.41, 5.74) is 0. The van der Waals surface area contributed by atoms with Crippen LogP contribution >= 0.6 is 0 Å². The summed E-state index contributed by atoms with van der Waals surface area (Å²) in [6.45, 7) is 6.62. The molecule has 0 radical (unpaired) electrons. The SMILES string of the molecule is CCCCC/C=C\C/C=C\CCCCCCCCCCCC(=O)OC[C@H](COC(=O)CCCCCCCCCCCCC/C=C\CCCCCCCC)OC(=O)CCCCCCCCC/C=C\C/C=C\CCCCC. The highest BCUT2D eigenvalue weighted by atomic mass is 16.6. The van der Waals surface area contributed by atoms with Gasteiger partial charge in [0.05, 0.1) is 0 Å². The van der Waals surface area contributed by atoms with Crippen molar-refractivity contribution in [3.63, 3.8) is 0 Å². The second kappa shape index (κ2) is 63.6. The van der Waals surface area contributed by atoms with E-state index in [4.69, 9.17) is 14.2 Å². The Morgan fingerprint density at radius 2 is 0.480 bits per heavy atom. The molecule has 0 aromatic heterocycles. The lowest BCUT2D eigenvalue weighted by Gasteiger charge is -2.18. The van der Waals surface area contributed by atoms with E-state index in [1.165, 1.54) is 225 Å². The van der Waals surface area contributed by atoms with Crippen molar-refractivity contribution in [2.45, 2.75) is 348 Å². The molecule has 6 heteroatoms. The molecule has 436 valence electrons. The normalized spacial score (nSPS) is 12.4. The van der Waals surface area contributed by atoms with Crippen LogP contribution in [0.2, 0.25) is 0 Å². The van der Waals surface area contributed by atoms with Crippen molar-refractivity contribution in [1.82, 2.24) is 0 Å². The number of allylic oxidation sites excluding steroid dienone is 10. The minimum absolute atomic E-state index is 0.0771. The van der Waals surface area contributed by atoms with Gasteiger partial charge in [-0.15, -0.1) is 0 Å². The minimum atomic E-state index is -0.781. The smallest absolute Gasteiger partial charge is 0.306 e. The number of hydrogen-bond acceptors (Lipinski definition) is 6. The summed E-state index contributed by atoms with van der Waals surface area (Å²) in [5, 5.41) is 0. The molecule has 1 atom stereocenters. The van der Waals surface area contributed by atoms with Crippen LogP contribution in [0.1, 0.15) is 342 Å². The van der Waals surface area contributed by atoms with Crippen LogP contribution in [0.25, 0.3) is 0 Å². The predicted molar refractivity (Wildman–Crippen MR) is 325 cm³/mol. The van der Waals surface area contributed by atoms with E-state index in [-0.39, 0.29) is 31.1 Å². The first kappa shape index (κ1) is 72.1. The van der Waals surface area contributed by atoms with E-state index < -0.39 is 6.10 Å². The van der Waals surface area contributed by atoms with Crippen LogP contribution in [0.5, 0.6) is 0 Å². The molecule has 0 aromatic rings. The molecule has 0 saturated heterocycles. The van der Waals surface area contributed by atoms with Gasteiger partial charge in [-0.3, -0.25) is 14.4 Å². The Hall–Kier alpha value is -2.89. The third-order valence-corrected chi connectivity index (χ3v) is 14.5. The van der Waals surface area contributed by atoms with Gasteiger partial charge in [-0.05, 0) is 109 Å². The molecule has 0 spiro atoms. The lowest BCUT2D eigenvalue weighted by Crippen LogP contribution is -2.30. The van der Waals surface area contributed by atoms with E-state index in [0.717, 1.165) is 77.0 Å². The third-order valence-electron chi connectivity index (χ3n) is 14.5. The fourth-order valence-corrected chi connectivity index (χ4v) is 9.50. The highest BCUT2D eigenvalue weighted by molar-refractivity contribution is 5.71. The van der Waals surface area contributed by atoms with Gasteiger partial charge in [0.2, 0.25) is 0 Å². The molecule has 0 N–H and O–H groups in total. The van der Waals surface area contributed by atoms with Gasteiger partial charge in [0.25, 0.3) is 0 Å². The molecular formula is C69H124O6. The molecule has 0 aliphatic carbocycles. The summed E-state index contributed by atoms with van der Waals surface area (Å²) in [6, 6.07) is 0. The fraction of sp³-hybridized carbons (Fsp3) is 0.812. The van der Waals surface area contributed by atoms with Crippen LogP contribution in [0.15, 0.2) is 60.8 Å². The summed E-state index contributed by atoms with van der Waals surface area (Å²) in [7, 11) is 0. The van der Waals surface area contributed by atoms with Crippen molar-refractivity contribution in [2.24, 2.45) is 0 Å². The van der Waals surface area contributed by atoms with Crippen molar-refractivity contribution in [3.8, 4) is 0 Å². The zero-order valence-electron chi connectivity index (χ0n) is 50.1. The Kier molecular flexibility index (Phi) is 61.2. The monoisotopic (exact) mass is 1050 g/mol. The van der Waals surface area contributed by atoms with Crippen LogP contribution < -0.4 is 0 Å². The Morgan fingerprint density at radius 3 is 0.773 bits per heavy atom. The van der Waals surface area contributed by atoms with Crippen molar-refractivity contribution >= 4 is 17.9 Å². The number of carbonyl (C=O) groups is 3. The maximum Gasteiger partial charge on any atom is 0.306 e. The first-order chi connectivity index (χ1) is 37.0. The number of carbonyl (C=O) groups excluding carboxylic acids is 3. The summed E-state index contributed by atoms with van der Waals surface area (Å²) in [5.74, 6) is -0.871. The number of rotatable bonds is 60. The first-order valence-electron chi connectivity index (χ1n) is 32.8. The van der Waals surface area contributed by atoms with Gasteiger partial charge in [0.15, 0.2) is 6.10 Å². The molecule has 75 heavy (non-hydrogen) atoms. The summed E-state index contributed by atoms with van der Waals surface area (Å²) < 4.78 is 17.0. The summed E-state index contributed by atoms with van der Waals surface area (Å²) >= 11 is 0. The maximum absolute atomic E-state index is 12.9. The second-order valence-electron chi connectivity index (χ2n) is 22.0. The lowest BCUT2D eigenvalue weighted by molar-refractivity contribution is -0.167. The zero-order chi connectivity index (χ0) is 54.3. The molecule has 0 unspecified atom stereocenters. The van der Waals surface area contributed by atoms with Crippen LogP contribution in [-0.4, -0.2) is 37.2 Å². The van der Waals surface area contributed by atoms with Crippen LogP contribution in [0, 0.1) is 0 Å². The number of unbranched alkanes of at least 4 members (excludes halogenated alkanes) is 39. The van der Waals surface area contributed by atoms with E-state index in [9.17, 15) is 14.4 Å². The molecule has 0 amide bonds. The molecule has 0 heterocycles.